The zero-order chi connectivity index (χ0) is 20.7. The molecule has 0 saturated carbocycles. The second kappa shape index (κ2) is 7.25. The van der Waals surface area contributed by atoms with E-state index >= 15 is 0 Å². The molecule has 29 heavy (non-hydrogen) atoms. The lowest BCUT2D eigenvalue weighted by Gasteiger charge is -2.10. The van der Waals surface area contributed by atoms with Crippen LogP contribution in [0.1, 0.15) is 16.8 Å². The molecule has 0 spiro atoms. The molecule has 0 amide bonds. The van der Waals surface area contributed by atoms with Crippen LogP contribution in [0.15, 0.2) is 30.7 Å². The summed E-state index contributed by atoms with van der Waals surface area (Å²) in [5.74, 6) is -0.960. The maximum absolute atomic E-state index is 14.4. The van der Waals surface area contributed by atoms with E-state index in [1.165, 1.54) is 26.4 Å². The van der Waals surface area contributed by atoms with Crippen LogP contribution in [-0.2, 0) is 6.42 Å². The maximum atomic E-state index is 14.4. The van der Waals surface area contributed by atoms with Gasteiger partial charge in [0, 0.05) is 12.6 Å². The molecule has 0 atom stereocenters. The summed E-state index contributed by atoms with van der Waals surface area (Å²) in [5.41, 5.74) is 1.37. The molecular weight excluding hydrogens is 404 g/mol. The van der Waals surface area contributed by atoms with E-state index in [-0.39, 0.29) is 34.1 Å². The average Bonchev–Trinajstić information content (AvgIpc) is 3.11. The van der Waals surface area contributed by atoms with Crippen molar-refractivity contribution < 1.29 is 18.6 Å². The first kappa shape index (κ1) is 19.0. The first-order chi connectivity index (χ1) is 13.9. The van der Waals surface area contributed by atoms with Crippen molar-refractivity contribution in [2.75, 3.05) is 7.11 Å². The van der Waals surface area contributed by atoms with E-state index in [9.17, 15) is 13.9 Å². The van der Waals surface area contributed by atoms with Gasteiger partial charge in [0.15, 0.2) is 11.5 Å². The van der Waals surface area contributed by atoms with Crippen LogP contribution in [0, 0.1) is 18.6 Å². The maximum Gasteiger partial charge on any atom is 0.233 e. The topological polar surface area (TPSA) is 85.4 Å². The first-order valence-electron chi connectivity index (χ1n) is 8.44. The Balaban J connectivity index is 1.89. The van der Waals surface area contributed by atoms with Crippen molar-refractivity contribution in [2.24, 2.45) is 0 Å². The summed E-state index contributed by atoms with van der Waals surface area (Å²) < 4.78 is 35.2. The minimum Gasteiger partial charge on any atom is -0.492 e. The van der Waals surface area contributed by atoms with E-state index < -0.39 is 17.5 Å². The number of aromatic hydroxyl groups is 1. The molecule has 0 aliphatic carbocycles. The summed E-state index contributed by atoms with van der Waals surface area (Å²) in [6, 6.07) is 2.28. The van der Waals surface area contributed by atoms with Gasteiger partial charge in [-0.2, -0.15) is 4.98 Å². The molecule has 0 fully saturated rings. The van der Waals surface area contributed by atoms with Crippen LogP contribution in [0.4, 0.5) is 8.78 Å². The Labute approximate surface area is 168 Å². The third-order valence-corrected chi connectivity index (χ3v) is 4.64. The summed E-state index contributed by atoms with van der Waals surface area (Å²) in [6.45, 7) is 1.49. The lowest BCUT2D eigenvalue weighted by atomic mass is 10.1. The standard InChI is InChI=1S/C19H14ClF2N5O2/c1-9-3-13(22)10(4-12(9)21)5-14-18-24-7-16(29-2)27(18)8-15(25-14)17-23-6-11(20)19(28)26-17/h3-4,6-8H,5H2,1-2H3,(H,23,26,28). The second-order valence-corrected chi connectivity index (χ2v) is 6.71. The zero-order valence-corrected chi connectivity index (χ0v) is 16.1. The Kier molecular flexibility index (Phi) is 4.75. The van der Waals surface area contributed by atoms with Crippen molar-refractivity contribution in [3.05, 3.63) is 64.2 Å². The summed E-state index contributed by atoms with van der Waals surface area (Å²) in [5, 5.41) is 9.78. The molecule has 4 aromatic rings. The van der Waals surface area contributed by atoms with Crippen LogP contribution in [0.2, 0.25) is 5.02 Å². The van der Waals surface area contributed by atoms with Gasteiger partial charge in [-0.05, 0) is 30.2 Å². The lowest BCUT2D eigenvalue weighted by molar-refractivity contribution is 0.394. The zero-order valence-electron chi connectivity index (χ0n) is 15.3. The van der Waals surface area contributed by atoms with Crippen LogP contribution in [0.25, 0.3) is 17.2 Å². The SMILES string of the molecule is COc1cnc2c(Cc3cc(F)c(C)cc3F)nc(-c3ncc(Cl)c(O)n3)cn12. The summed E-state index contributed by atoms with van der Waals surface area (Å²) in [4.78, 5) is 16.7. The van der Waals surface area contributed by atoms with Gasteiger partial charge in [-0.3, -0.25) is 4.40 Å². The molecule has 7 nitrogen and oxygen atoms in total. The van der Waals surface area contributed by atoms with Crippen molar-refractivity contribution in [2.45, 2.75) is 13.3 Å². The van der Waals surface area contributed by atoms with Crippen molar-refractivity contribution in [3.8, 4) is 23.3 Å². The number of nitrogens with zero attached hydrogens (tertiary/aromatic N) is 5. The predicted octanol–water partition coefficient (Wildman–Crippen LogP) is 3.73. The largest absolute Gasteiger partial charge is 0.492 e. The second-order valence-electron chi connectivity index (χ2n) is 6.30. The molecule has 0 saturated heterocycles. The van der Waals surface area contributed by atoms with E-state index in [1.54, 1.807) is 10.6 Å². The Morgan fingerprint density at radius 2 is 1.93 bits per heavy atom. The third kappa shape index (κ3) is 3.44. The van der Waals surface area contributed by atoms with Crippen LogP contribution >= 0.6 is 11.6 Å². The van der Waals surface area contributed by atoms with Gasteiger partial charge < -0.3 is 9.84 Å². The van der Waals surface area contributed by atoms with Gasteiger partial charge in [0.25, 0.3) is 0 Å². The molecular formula is C19H14ClF2N5O2. The number of fused-ring (bicyclic) bond motifs is 1. The lowest BCUT2D eigenvalue weighted by Crippen LogP contribution is -2.05. The highest BCUT2D eigenvalue weighted by Crippen LogP contribution is 2.27. The van der Waals surface area contributed by atoms with Crippen molar-refractivity contribution >= 4 is 17.2 Å². The Hall–Kier alpha value is -3.33. The van der Waals surface area contributed by atoms with E-state index in [4.69, 9.17) is 16.3 Å². The van der Waals surface area contributed by atoms with Crippen molar-refractivity contribution in [1.29, 1.82) is 0 Å². The molecule has 1 aromatic carbocycles. The number of benzene rings is 1. The number of hydrogen-bond donors (Lipinski definition) is 1. The van der Waals surface area contributed by atoms with Crippen LogP contribution in [0.5, 0.6) is 11.8 Å². The minimum absolute atomic E-state index is 0.00698. The molecule has 10 heteroatoms. The minimum atomic E-state index is -0.548. The summed E-state index contributed by atoms with van der Waals surface area (Å²) in [7, 11) is 1.48. The first-order valence-corrected chi connectivity index (χ1v) is 8.82. The molecule has 0 aliphatic rings. The highest BCUT2D eigenvalue weighted by Gasteiger charge is 2.18. The Morgan fingerprint density at radius 1 is 1.14 bits per heavy atom. The van der Waals surface area contributed by atoms with Gasteiger partial charge in [-0.1, -0.05) is 11.6 Å². The van der Waals surface area contributed by atoms with Gasteiger partial charge in [-0.25, -0.2) is 23.7 Å². The smallest absolute Gasteiger partial charge is 0.233 e. The Morgan fingerprint density at radius 3 is 2.66 bits per heavy atom. The third-order valence-electron chi connectivity index (χ3n) is 4.38. The molecule has 4 rings (SSSR count). The molecule has 0 bridgehead atoms. The summed E-state index contributed by atoms with van der Waals surface area (Å²) >= 11 is 5.77. The van der Waals surface area contributed by atoms with Crippen molar-refractivity contribution in [1.82, 2.24) is 24.3 Å². The Bertz CT molecular complexity index is 1250. The highest BCUT2D eigenvalue weighted by molar-refractivity contribution is 6.31. The van der Waals surface area contributed by atoms with Crippen LogP contribution in [0.3, 0.4) is 0 Å². The molecule has 0 aliphatic heterocycles. The number of aromatic nitrogens is 5. The number of rotatable bonds is 4. The normalized spacial score (nSPS) is 11.2. The van der Waals surface area contributed by atoms with E-state index in [2.05, 4.69) is 19.9 Å². The van der Waals surface area contributed by atoms with Gasteiger partial charge in [0.1, 0.15) is 22.4 Å². The quantitative estimate of drug-likeness (QED) is 0.544. The van der Waals surface area contributed by atoms with Gasteiger partial charge >= 0.3 is 0 Å². The number of ether oxygens (including phenoxy) is 1. The number of methoxy groups -OCH3 is 1. The fourth-order valence-corrected chi connectivity index (χ4v) is 2.98. The predicted molar refractivity (Wildman–Crippen MR) is 101 cm³/mol. The summed E-state index contributed by atoms with van der Waals surface area (Å²) in [6.07, 6.45) is 4.26. The van der Waals surface area contributed by atoms with E-state index in [0.29, 0.717) is 17.2 Å². The monoisotopic (exact) mass is 417 g/mol. The molecule has 3 aromatic heterocycles. The molecule has 148 valence electrons. The molecule has 3 heterocycles. The van der Waals surface area contributed by atoms with Crippen LogP contribution < -0.4 is 4.74 Å². The number of hydrogen-bond acceptors (Lipinski definition) is 6. The fraction of sp³-hybridized carbons (Fsp3) is 0.158. The molecule has 0 unspecified atom stereocenters. The molecule has 0 radical (unpaired) electrons. The number of imidazole rings is 1. The van der Waals surface area contributed by atoms with Gasteiger partial charge in [-0.15, -0.1) is 0 Å². The fourth-order valence-electron chi connectivity index (χ4n) is 2.89. The van der Waals surface area contributed by atoms with E-state index in [1.807, 2.05) is 0 Å². The number of aryl methyl sites for hydroxylation is 1. The van der Waals surface area contributed by atoms with Gasteiger partial charge in [0.2, 0.25) is 11.8 Å². The van der Waals surface area contributed by atoms with Gasteiger partial charge in [0.05, 0.1) is 25.2 Å². The average molecular weight is 418 g/mol. The van der Waals surface area contributed by atoms with Crippen LogP contribution in [-0.4, -0.2) is 36.6 Å². The highest BCUT2D eigenvalue weighted by atomic mass is 35.5. The molecule has 1 N–H and O–H groups in total. The number of halogens is 3. The van der Waals surface area contributed by atoms with E-state index in [0.717, 1.165) is 12.1 Å². The van der Waals surface area contributed by atoms with Crippen molar-refractivity contribution in [3.63, 3.8) is 0 Å².